The Balaban J connectivity index is 3.07. The number of likely N-dealkylation sites (N-methyl/N-ethyl adjacent to an activating group) is 1. The highest BCUT2D eigenvalue weighted by molar-refractivity contribution is 9.10. The molecule has 0 spiro atoms. The monoisotopic (exact) mass is 291 g/mol. The Kier molecular flexibility index (Phi) is 5.34. The van der Waals surface area contributed by atoms with Crippen LogP contribution < -0.4 is 5.32 Å². The van der Waals surface area contributed by atoms with Gasteiger partial charge in [-0.2, -0.15) is 0 Å². The summed E-state index contributed by atoms with van der Waals surface area (Å²) in [6, 6.07) is 3.23. The Morgan fingerprint density at radius 1 is 1.56 bits per heavy atom. The van der Waals surface area contributed by atoms with Gasteiger partial charge < -0.3 is 15.2 Å². The topological polar surface area (TPSA) is 41.5 Å². The van der Waals surface area contributed by atoms with Gasteiger partial charge in [0.1, 0.15) is 5.82 Å². The van der Waals surface area contributed by atoms with Crippen molar-refractivity contribution in [2.75, 3.05) is 20.7 Å². The van der Waals surface area contributed by atoms with Gasteiger partial charge in [0.15, 0.2) is 0 Å². The van der Waals surface area contributed by atoms with E-state index in [1.54, 1.807) is 19.2 Å². The van der Waals surface area contributed by atoms with Gasteiger partial charge in [-0.3, -0.25) is 0 Å². The zero-order valence-electron chi connectivity index (χ0n) is 9.26. The van der Waals surface area contributed by atoms with E-state index in [0.717, 1.165) is 4.47 Å². The van der Waals surface area contributed by atoms with Crippen molar-refractivity contribution < 1.29 is 14.2 Å². The molecule has 1 aromatic carbocycles. The van der Waals surface area contributed by atoms with E-state index in [1.165, 1.54) is 7.11 Å². The Morgan fingerprint density at radius 2 is 2.25 bits per heavy atom. The molecule has 2 N–H and O–H groups in total. The highest BCUT2D eigenvalue weighted by Gasteiger charge is 2.16. The van der Waals surface area contributed by atoms with Gasteiger partial charge in [0.25, 0.3) is 0 Å². The van der Waals surface area contributed by atoms with Crippen molar-refractivity contribution >= 4 is 15.9 Å². The zero-order valence-corrected chi connectivity index (χ0v) is 10.8. The smallest absolute Gasteiger partial charge is 0.134 e. The predicted octanol–water partition coefficient (Wildman–Crippen LogP) is 1.99. The molecule has 0 saturated carbocycles. The SMILES string of the molecule is CNCC(O)c1cc(Br)cc(COC)c1F. The van der Waals surface area contributed by atoms with Crippen LogP contribution in [0.5, 0.6) is 0 Å². The number of benzene rings is 1. The summed E-state index contributed by atoms with van der Waals surface area (Å²) in [6.07, 6.45) is -0.863. The maximum Gasteiger partial charge on any atom is 0.134 e. The van der Waals surface area contributed by atoms with Crippen LogP contribution in [0, 0.1) is 5.82 Å². The van der Waals surface area contributed by atoms with Crippen molar-refractivity contribution in [1.82, 2.24) is 5.32 Å². The summed E-state index contributed by atoms with van der Waals surface area (Å²) in [6.45, 7) is 0.490. The lowest BCUT2D eigenvalue weighted by Crippen LogP contribution is -2.18. The van der Waals surface area contributed by atoms with Crippen LogP contribution >= 0.6 is 15.9 Å². The molecule has 0 saturated heterocycles. The summed E-state index contributed by atoms with van der Waals surface area (Å²) in [5.41, 5.74) is 0.706. The molecule has 0 aliphatic rings. The number of nitrogens with one attached hydrogen (secondary N) is 1. The third-order valence-electron chi connectivity index (χ3n) is 2.20. The average Bonchev–Trinajstić information content (AvgIpc) is 2.23. The first-order valence-electron chi connectivity index (χ1n) is 4.89. The van der Waals surface area contributed by atoms with E-state index in [4.69, 9.17) is 4.74 Å². The van der Waals surface area contributed by atoms with Crippen LogP contribution in [0.2, 0.25) is 0 Å². The minimum Gasteiger partial charge on any atom is -0.387 e. The van der Waals surface area contributed by atoms with Crippen LogP contribution in [0.4, 0.5) is 4.39 Å². The molecule has 0 heterocycles. The van der Waals surface area contributed by atoms with Gasteiger partial charge in [-0.25, -0.2) is 4.39 Å². The summed E-state index contributed by atoms with van der Waals surface area (Å²) in [4.78, 5) is 0. The van der Waals surface area contributed by atoms with Crippen molar-refractivity contribution in [3.8, 4) is 0 Å². The highest BCUT2D eigenvalue weighted by atomic mass is 79.9. The molecule has 90 valence electrons. The Labute approximate surface area is 103 Å². The number of hydrogen-bond acceptors (Lipinski definition) is 3. The summed E-state index contributed by atoms with van der Waals surface area (Å²) < 4.78 is 19.6. The van der Waals surface area contributed by atoms with Gasteiger partial charge >= 0.3 is 0 Å². The van der Waals surface area contributed by atoms with Crippen molar-refractivity contribution in [2.24, 2.45) is 0 Å². The second-order valence-corrected chi connectivity index (χ2v) is 4.39. The number of halogens is 2. The molecule has 0 bridgehead atoms. The van der Waals surface area contributed by atoms with Crippen molar-refractivity contribution in [1.29, 1.82) is 0 Å². The van der Waals surface area contributed by atoms with E-state index in [0.29, 0.717) is 12.1 Å². The minimum absolute atomic E-state index is 0.185. The number of methoxy groups -OCH3 is 1. The zero-order chi connectivity index (χ0) is 12.1. The maximum atomic E-state index is 13.9. The average molecular weight is 292 g/mol. The van der Waals surface area contributed by atoms with E-state index in [2.05, 4.69) is 21.2 Å². The second kappa shape index (κ2) is 6.30. The van der Waals surface area contributed by atoms with Gasteiger partial charge in [0.2, 0.25) is 0 Å². The first kappa shape index (κ1) is 13.6. The van der Waals surface area contributed by atoms with Crippen LogP contribution in [0.1, 0.15) is 17.2 Å². The first-order chi connectivity index (χ1) is 7.60. The maximum absolute atomic E-state index is 13.9. The Morgan fingerprint density at radius 3 is 2.81 bits per heavy atom. The summed E-state index contributed by atoms with van der Waals surface area (Å²) >= 11 is 3.28. The summed E-state index contributed by atoms with van der Waals surface area (Å²) in [5.74, 6) is -0.409. The molecule has 1 rings (SSSR count). The molecule has 0 radical (unpaired) electrons. The summed E-state index contributed by atoms with van der Waals surface area (Å²) in [7, 11) is 3.21. The highest BCUT2D eigenvalue weighted by Crippen LogP contribution is 2.25. The van der Waals surface area contributed by atoms with Crippen LogP contribution in [0.25, 0.3) is 0 Å². The molecule has 1 unspecified atom stereocenters. The lowest BCUT2D eigenvalue weighted by molar-refractivity contribution is 0.166. The van der Waals surface area contributed by atoms with E-state index in [-0.39, 0.29) is 12.2 Å². The number of aliphatic hydroxyl groups is 1. The molecule has 1 atom stereocenters. The van der Waals surface area contributed by atoms with Gasteiger partial charge in [0, 0.05) is 29.3 Å². The number of aliphatic hydroxyl groups excluding tert-OH is 1. The van der Waals surface area contributed by atoms with E-state index in [1.807, 2.05) is 0 Å². The van der Waals surface area contributed by atoms with Crippen molar-refractivity contribution in [2.45, 2.75) is 12.7 Å². The van der Waals surface area contributed by atoms with Gasteiger partial charge in [-0.05, 0) is 19.2 Å². The number of hydrogen-bond donors (Lipinski definition) is 2. The normalized spacial score (nSPS) is 12.8. The quantitative estimate of drug-likeness (QED) is 0.872. The van der Waals surface area contributed by atoms with Gasteiger partial charge in [0.05, 0.1) is 12.7 Å². The van der Waals surface area contributed by atoms with Gasteiger partial charge in [-0.1, -0.05) is 15.9 Å². The third kappa shape index (κ3) is 3.25. The summed E-state index contributed by atoms with van der Waals surface area (Å²) in [5, 5.41) is 12.6. The number of ether oxygens (including phenoxy) is 1. The standard InChI is InChI=1S/C11H15BrFNO2/c1-14-5-10(15)9-4-8(12)3-7(6-16-2)11(9)13/h3-4,10,14-15H,5-6H2,1-2H3. The fourth-order valence-electron chi connectivity index (χ4n) is 1.48. The molecule has 1 aromatic rings. The fourth-order valence-corrected chi connectivity index (χ4v) is 2.00. The van der Waals surface area contributed by atoms with Gasteiger partial charge in [-0.15, -0.1) is 0 Å². The molecule has 0 aromatic heterocycles. The molecular formula is C11H15BrFNO2. The molecule has 3 nitrogen and oxygen atoms in total. The molecule has 5 heteroatoms. The lowest BCUT2D eigenvalue weighted by Gasteiger charge is -2.14. The third-order valence-corrected chi connectivity index (χ3v) is 2.66. The Hall–Kier alpha value is -0.490. The lowest BCUT2D eigenvalue weighted by atomic mass is 10.1. The van der Waals surface area contributed by atoms with Crippen molar-refractivity contribution in [3.63, 3.8) is 0 Å². The predicted molar refractivity (Wildman–Crippen MR) is 63.7 cm³/mol. The molecule has 16 heavy (non-hydrogen) atoms. The van der Waals surface area contributed by atoms with Crippen LogP contribution in [0.3, 0.4) is 0 Å². The molecular weight excluding hydrogens is 277 g/mol. The van der Waals surface area contributed by atoms with E-state index < -0.39 is 11.9 Å². The largest absolute Gasteiger partial charge is 0.387 e. The molecule has 0 amide bonds. The number of rotatable bonds is 5. The minimum atomic E-state index is -0.863. The molecule has 0 aliphatic carbocycles. The van der Waals surface area contributed by atoms with Crippen molar-refractivity contribution in [3.05, 3.63) is 33.5 Å². The van der Waals surface area contributed by atoms with E-state index in [9.17, 15) is 9.50 Å². The van der Waals surface area contributed by atoms with Crippen LogP contribution in [-0.2, 0) is 11.3 Å². The van der Waals surface area contributed by atoms with Crippen LogP contribution in [-0.4, -0.2) is 25.8 Å². The first-order valence-corrected chi connectivity index (χ1v) is 5.68. The second-order valence-electron chi connectivity index (χ2n) is 3.47. The Bertz CT molecular complexity index is 360. The van der Waals surface area contributed by atoms with E-state index >= 15 is 0 Å². The molecule has 0 fully saturated rings. The molecule has 0 aliphatic heterocycles. The van der Waals surface area contributed by atoms with Crippen LogP contribution in [0.15, 0.2) is 16.6 Å². The fraction of sp³-hybridized carbons (Fsp3) is 0.455.